The van der Waals surface area contributed by atoms with Gasteiger partial charge in [-0.15, -0.1) is 5.10 Å². The Kier molecular flexibility index (Phi) is 2.21. The van der Waals surface area contributed by atoms with Crippen LogP contribution in [0.1, 0.15) is 16.1 Å². The summed E-state index contributed by atoms with van der Waals surface area (Å²) in [5.41, 5.74) is 1.72. The summed E-state index contributed by atoms with van der Waals surface area (Å²) in [6.45, 7) is 1.92. The Labute approximate surface area is 86.0 Å². The number of carboxylic acids is 1. The summed E-state index contributed by atoms with van der Waals surface area (Å²) < 4.78 is 0. The zero-order valence-corrected chi connectivity index (χ0v) is 8.08. The molecule has 0 saturated carbocycles. The molecule has 0 fully saturated rings. The number of aromatic nitrogens is 3. The Bertz CT molecular complexity index is 505. The van der Waals surface area contributed by atoms with E-state index in [1.807, 2.05) is 31.2 Å². The summed E-state index contributed by atoms with van der Waals surface area (Å²) in [5.74, 6) is -1.07. The van der Waals surface area contributed by atoms with Crippen LogP contribution in [0.3, 0.4) is 0 Å². The van der Waals surface area contributed by atoms with Gasteiger partial charge in [0, 0.05) is 0 Å². The van der Waals surface area contributed by atoms with E-state index >= 15 is 0 Å². The summed E-state index contributed by atoms with van der Waals surface area (Å²) in [6, 6.07) is 7.51. The van der Waals surface area contributed by atoms with Crippen LogP contribution < -0.4 is 0 Å². The quantitative estimate of drug-likeness (QED) is 0.798. The van der Waals surface area contributed by atoms with Crippen molar-refractivity contribution in [2.75, 3.05) is 0 Å². The van der Waals surface area contributed by atoms with Crippen molar-refractivity contribution in [3.63, 3.8) is 0 Å². The molecule has 0 bridgehead atoms. The van der Waals surface area contributed by atoms with E-state index in [2.05, 4.69) is 10.2 Å². The highest BCUT2D eigenvalue weighted by atomic mass is 16.4. The number of benzene rings is 1. The van der Waals surface area contributed by atoms with Gasteiger partial charge in [-0.1, -0.05) is 18.2 Å². The van der Waals surface area contributed by atoms with Gasteiger partial charge in [0.1, 0.15) is 0 Å². The number of hydrogen-bond acceptors (Lipinski definition) is 3. The summed E-state index contributed by atoms with van der Waals surface area (Å²) in [7, 11) is 0. The highest BCUT2D eigenvalue weighted by Crippen LogP contribution is 2.10. The summed E-state index contributed by atoms with van der Waals surface area (Å²) >= 11 is 0. The lowest BCUT2D eigenvalue weighted by atomic mass is 10.2. The minimum atomic E-state index is -1.07. The van der Waals surface area contributed by atoms with Crippen molar-refractivity contribution in [2.24, 2.45) is 0 Å². The van der Waals surface area contributed by atoms with Gasteiger partial charge in [0.15, 0.2) is 5.69 Å². The first-order valence-electron chi connectivity index (χ1n) is 4.40. The van der Waals surface area contributed by atoms with E-state index in [1.54, 1.807) is 0 Å². The van der Waals surface area contributed by atoms with Crippen LogP contribution in [0.5, 0.6) is 0 Å². The van der Waals surface area contributed by atoms with Crippen LogP contribution in [0, 0.1) is 6.92 Å². The van der Waals surface area contributed by atoms with Crippen LogP contribution in [0.2, 0.25) is 0 Å². The van der Waals surface area contributed by atoms with Crippen molar-refractivity contribution in [1.82, 2.24) is 15.0 Å². The standard InChI is InChI=1S/C10H9N3O2/c1-7-4-2-3-5-9(7)13-11-6-8(12-13)10(14)15/h2-6H,1H3,(H,14,15). The molecule has 0 amide bonds. The lowest BCUT2D eigenvalue weighted by Crippen LogP contribution is -2.03. The van der Waals surface area contributed by atoms with Gasteiger partial charge in [0.25, 0.3) is 0 Å². The van der Waals surface area contributed by atoms with Gasteiger partial charge in [-0.05, 0) is 18.6 Å². The monoisotopic (exact) mass is 203 g/mol. The SMILES string of the molecule is Cc1ccccc1-n1ncc(C(=O)O)n1. The predicted octanol–water partition coefficient (Wildman–Crippen LogP) is 1.27. The fourth-order valence-electron chi connectivity index (χ4n) is 1.26. The minimum Gasteiger partial charge on any atom is -0.476 e. The number of para-hydroxylation sites is 1. The van der Waals surface area contributed by atoms with E-state index in [0.717, 1.165) is 11.3 Å². The van der Waals surface area contributed by atoms with E-state index in [-0.39, 0.29) is 5.69 Å². The number of rotatable bonds is 2. The van der Waals surface area contributed by atoms with E-state index in [9.17, 15) is 4.79 Å². The second-order valence-corrected chi connectivity index (χ2v) is 3.11. The average Bonchev–Trinajstić information content (AvgIpc) is 2.67. The van der Waals surface area contributed by atoms with Crippen molar-refractivity contribution < 1.29 is 9.90 Å². The minimum absolute atomic E-state index is 0.0572. The molecule has 0 aliphatic rings. The van der Waals surface area contributed by atoms with Crippen LogP contribution in [0.15, 0.2) is 30.5 Å². The molecular formula is C10H9N3O2. The van der Waals surface area contributed by atoms with Crippen molar-refractivity contribution in [1.29, 1.82) is 0 Å². The molecule has 1 heterocycles. The number of nitrogens with zero attached hydrogens (tertiary/aromatic N) is 3. The van der Waals surface area contributed by atoms with Crippen LogP contribution >= 0.6 is 0 Å². The van der Waals surface area contributed by atoms with Crippen LogP contribution in [-0.4, -0.2) is 26.1 Å². The highest BCUT2D eigenvalue weighted by Gasteiger charge is 2.09. The molecule has 2 aromatic rings. The van der Waals surface area contributed by atoms with E-state index in [0.29, 0.717) is 0 Å². The van der Waals surface area contributed by atoms with Gasteiger partial charge in [-0.25, -0.2) is 4.79 Å². The Balaban J connectivity index is 2.46. The third-order valence-corrected chi connectivity index (χ3v) is 2.04. The summed E-state index contributed by atoms with van der Waals surface area (Å²) in [5, 5.41) is 16.4. The second-order valence-electron chi connectivity index (χ2n) is 3.11. The fourth-order valence-corrected chi connectivity index (χ4v) is 1.26. The van der Waals surface area contributed by atoms with Crippen LogP contribution in [-0.2, 0) is 0 Å². The van der Waals surface area contributed by atoms with Gasteiger partial charge in [-0.3, -0.25) is 0 Å². The third kappa shape index (κ3) is 1.71. The Morgan fingerprint density at radius 1 is 1.40 bits per heavy atom. The molecule has 15 heavy (non-hydrogen) atoms. The predicted molar refractivity (Wildman–Crippen MR) is 53.1 cm³/mol. The first kappa shape index (κ1) is 9.39. The molecule has 0 saturated heterocycles. The maximum atomic E-state index is 10.6. The smallest absolute Gasteiger partial charge is 0.358 e. The maximum absolute atomic E-state index is 10.6. The molecule has 0 radical (unpaired) electrons. The van der Waals surface area contributed by atoms with Crippen LogP contribution in [0.25, 0.3) is 5.69 Å². The molecule has 5 heteroatoms. The van der Waals surface area contributed by atoms with Gasteiger partial charge in [0.05, 0.1) is 11.9 Å². The number of aryl methyl sites for hydroxylation is 1. The van der Waals surface area contributed by atoms with Crippen molar-refractivity contribution in [3.05, 3.63) is 41.7 Å². The zero-order chi connectivity index (χ0) is 10.8. The van der Waals surface area contributed by atoms with Gasteiger partial charge in [0.2, 0.25) is 0 Å². The lowest BCUT2D eigenvalue weighted by Gasteiger charge is -2.02. The third-order valence-electron chi connectivity index (χ3n) is 2.04. The van der Waals surface area contributed by atoms with Crippen molar-refractivity contribution >= 4 is 5.97 Å². The molecule has 0 aliphatic heterocycles. The van der Waals surface area contributed by atoms with Crippen molar-refractivity contribution in [3.8, 4) is 5.69 Å². The Hall–Kier alpha value is -2.17. The molecule has 1 N–H and O–H groups in total. The molecule has 0 spiro atoms. The summed E-state index contributed by atoms with van der Waals surface area (Å²) in [6.07, 6.45) is 1.23. The topological polar surface area (TPSA) is 68.0 Å². The molecule has 76 valence electrons. The van der Waals surface area contributed by atoms with Crippen molar-refractivity contribution in [2.45, 2.75) is 6.92 Å². The first-order valence-corrected chi connectivity index (χ1v) is 4.40. The molecule has 2 rings (SSSR count). The lowest BCUT2D eigenvalue weighted by molar-refractivity contribution is 0.0690. The largest absolute Gasteiger partial charge is 0.476 e. The number of hydrogen-bond donors (Lipinski definition) is 1. The first-order chi connectivity index (χ1) is 7.18. The van der Waals surface area contributed by atoms with Gasteiger partial charge >= 0.3 is 5.97 Å². The second kappa shape index (κ2) is 3.53. The van der Waals surface area contributed by atoms with Gasteiger partial charge in [-0.2, -0.15) is 9.90 Å². The molecule has 0 aliphatic carbocycles. The van der Waals surface area contributed by atoms with Crippen LogP contribution in [0.4, 0.5) is 0 Å². The molecule has 5 nitrogen and oxygen atoms in total. The molecule has 1 aromatic heterocycles. The number of carboxylic acid groups (broad SMARTS) is 1. The average molecular weight is 203 g/mol. The van der Waals surface area contributed by atoms with E-state index < -0.39 is 5.97 Å². The highest BCUT2D eigenvalue weighted by molar-refractivity contribution is 5.84. The molecule has 1 aromatic carbocycles. The molecule has 0 unspecified atom stereocenters. The Morgan fingerprint density at radius 2 is 2.13 bits per heavy atom. The fraction of sp³-hybridized carbons (Fsp3) is 0.100. The zero-order valence-electron chi connectivity index (χ0n) is 8.08. The number of carbonyl (C=O) groups is 1. The van der Waals surface area contributed by atoms with Gasteiger partial charge < -0.3 is 5.11 Å². The maximum Gasteiger partial charge on any atom is 0.358 e. The normalized spacial score (nSPS) is 10.2. The number of aromatic carboxylic acids is 1. The van der Waals surface area contributed by atoms with E-state index in [1.165, 1.54) is 11.0 Å². The summed E-state index contributed by atoms with van der Waals surface area (Å²) in [4.78, 5) is 11.9. The van der Waals surface area contributed by atoms with E-state index in [4.69, 9.17) is 5.11 Å². The molecule has 0 atom stereocenters. The molecular weight excluding hydrogens is 194 g/mol. The Morgan fingerprint density at radius 3 is 2.73 bits per heavy atom.